The van der Waals surface area contributed by atoms with Crippen LogP contribution in [0.15, 0.2) is 35.2 Å². The molecule has 0 unspecified atom stereocenters. The van der Waals surface area contributed by atoms with E-state index in [1.807, 2.05) is 0 Å². The zero-order valence-corrected chi connectivity index (χ0v) is 13.8. The summed E-state index contributed by atoms with van der Waals surface area (Å²) in [6.45, 7) is 0.287. The van der Waals surface area contributed by atoms with Crippen LogP contribution in [-0.4, -0.2) is 50.3 Å². The van der Waals surface area contributed by atoms with Crippen molar-refractivity contribution < 1.29 is 23.1 Å². The highest BCUT2D eigenvalue weighted by molar-refractivity contribution is 7.89. The number of nitrogens with one attached hydrogen (secondary N) is 1. The second-order valence-corrected chi connectivity index (χ2v) is 7.13. The maximum Gasteiger partial charge on any atom is 0.303 e. The van der Waals surface area contributed by atoms with Gasteiger partial charge in [-0.1, -0.05) is 12.1 Å². The lowest BCUT2D eigenvalue weighted by Gasteiger charge is -2.11. The van der Waals surface area contributed by atoms with Crippen molar-refractivity contribution in [2.75, 3.05) is 20.6 Å². The molecule has 0 aliphatic rings. The smallest absolute Gasteiger partial charge is 0.303 e. The van der Waals surface area contributed by atoms with E-state index < -0.39 is 16.0 Å². The van der Waals surface area contributed by atoms with Gasteiger partial charge in [0, 0.05) is 33.1 Å². The summed E-state index contributed by atoms with van der Waals surface area (Å²) in [5.74, 6) is -1.23. The largest absolute Gasteiger partial charge is 0.481 e. The number of aliphatic carboxylic acids is 1. The lowest BCUT2D eigenvalue weighted by Crippen LogP contribution is -2.22. The highest BCUT2D eigenvalue weighted by Crippen LogP contribution is 2.14. The molecule has 0 saturated heterocycles. The van der Waals surface area contributed by atoms with Crippen LogP contribution >= 0.6 is 0 Å². The average molecular weight is 340 g/mol. The molecule has 0 bridgehead atoms. The third-order valence-electron chi connectivity index (χ3n) is 2.95. The van der Waals surface area contributed by atoms with Gasteiger partial charge in [-0.2, -0.15) is 0 Å². The second kappa shape index (κ2) is 8.44. The Kier molecular flexibility index (Phi) is 6.92. The van der Waals surface area contributed by atoms with Gasteiger partial charge in [-0.15, -0.1) is 0 Å². The molecular formula is C15H20N2O5S. The number of carboxylic acid groups (broad SMARTS) is 1. The van der Waals surface area contributed by atoms with E-state index in [1.165, 1.54) is 32.3 Å². The summed E-state index contributed by atoms with van der Waals surface area (Å²) in [5.41, 5.74) is 0.684. The van der Waals surface area contributed by atoms with E-state index in [9.17, 15) is 18.0 Å². The molecule has 0 saturated carbocycles. The van der Waals surface area contributed by atoms with E-state index in [-0.39, 0.29) is 23.8 Å². The number of hydrogen-bond donors (Lipinski definition) is 2. The first-order valence-corrected chi connectivity index (χ1v) is 8.38. The van der Waals surface area contributed by atoms with Gasteiger partial charge < -0.3 is 10.4 Å². The topological polar surface area (TPSA) is 104 Å². The fourth-order valence-electron chi connectivity index (χ4n) is 1.64. The number of amides is 1. The van der Waals surface area contributed by atoms with Crippen molar-refractivity contribution in [3.8, 4) is 0 Å². The molecule has 0 atom stereocenters. The SMILES string of the molecule is CN(C)S(=O)(=O)c1ccc(/C=C/C(=O)NCCCC(=O)O)cc1. The maximum absolute atomic E-state index is 11.9. The van der Waals surface area contributed by atoms with Crippen LogP contribution in [-0.2, 0) is 19.6 Å². The molecule has 126 valence electrons. The number of sulfonamides is 1. The van der Waals surface area contributed by atoms with Crippen molar-refractivity contribution in [1.82, 2.24) is 9.62 Å². The molecule has 1 aromatic rings. The van der Waals surface area contributed by atoms with Crippen molar-refractivity contribution in [3.63, 3.8) is 0 Å². The summed E-state index contributed by atoms with van der Waals surface area (Å²) in [5, 5.41) is 11.0. The van der Waals surface area contributed by atoms with Crippen LogP contribution in [0.1, 0.15) is 18.4 Å². The fraction of sp³-hybridized carbons (Fsp3) is 0.333. The molecule has 1 amide bonds. The Morgan fingerprint density at radius 3 is 2.35 bits per heavy atom. The minimum absolute atomic E-state index is 0.00576. The van der Waals surface area contributed by atoms with Crippen LogP contribution < -0.4 is 5.32 Å². The van der Waals surface area contributed by atoms with Gasteiger partial charge >= 0.3 is 5.97 Å². The van der Waals surface area contributed by atoms with Crippen molar-refractivity contribution in [2.24, 2.45) is 0 Å². The Bertz CT molecular complexity index is 678. The van der Waals surface area contributed by atoms with E-state index in [0.717, 1.165) is 4.31 Å². The van der Waals surface area contributed by atoms with E-state index in [4.69, 9.17) is 5.11 Å². The van der Waals surface area contributed by atoms with Crippen LogP contribution in [0.4, 0.5) is 0 Å². The first-order chi connectivity index (χ1) is 10.7. The molecule has 0 radical (unpaired) electrons. The molecule has 0 aliphatic carbocycles. The number of benzene rings is 1. The molecular weight excluding hydrogens is 320 g/mol. The fourth-order valence-corrected chi connectivity index (χ4v) is 2.55. The maximum atomic E-state index is 11.9. The minimum Gasteiger partial charge on any atom is -0.481 e. The summed E-state index contributed by atoms with van der Waals surface area (Å²) >= 11 is 0. The highest BCUT2D eigenvalue weighted by Gasteiger charge is 2.16. The molecule has 7 nitrogen and oxygen atoms in total. The van der Waals surface area contributed by atoms with Crippen LogP contribution in [0.2, 0.25) is 0 Å². The van der Waals surface area contributed by atoms with Crippen LogP contribution in [0, 0.1) is 0 Å². The van der Waals surface area contributed by atoms with Crippen LogP contribution in [0.5, 0.6) is 0 Å². The van der Waals surface area contributed by atoms with E-state index >= 15 is 0 Å². The number of carbonyl (C=O) groups is 2. The second-order valence-electron chi connectivity index (χ2n) is 4.98. The predicted molar refractivity (Wildman–Crippen MR) is 86.2 cm³/mol. The summed E-state index contributed by atoms with van der Waals surface area (Å²) in [6.07, 6.45) is 3.24. The number of hydrogen-bond acceptors (Lipinski definition) is 4. The number of carbonyl (C=O) groups excluding carboxylic acids is 1. The van der Waals surface area contributed by atoms with Gasteiger partial charge in [-0.3, -0.25) is 9.59 Å². The van der Waals surface area contributed by atoms with Crippen molar-refractivity contribution in [3.05, 3.63) is 35.9 Å². The monoisotopic (exact) mass is 340 g/mol. The lowest BCUT2D eigenvalue weighted by atomic mass is 10.2. The summed E-state index contributed by atoms with van der Waals surface area (Å²) < 4.78 is 24.9. The van der Waals surface area contributed by atoms with Gasteiger partial charge in [0.15, 0.2) is 0 Å². The molecule has 0 heterocycles. The summed E-state index contributed by atoms with van der Waals surface area (Å²) in [7, 11) is -0.553. The molecule has 2 N–H and O–H groups in total. The Balaban J connectivity index is 2.58. The number of rotatable bonds is 8. The van der Waals surface area contributed by atoms with Crippen molar-refractivity contribution in [1.29, 1.82) is 0 Å². The van der Waals surface area contributed by atoms with Crippen molar-refractivity contribution in [2.45, 2.75) is 17.7 Å². The Morgan fingerprint density at radius 2 is 1.83 bits per heavy atom. The van der Waals surface area contributed by atoms with E-state index in [2.05, 4.69) is 5.32 Å². The van der Waals surface area contributed by atoms with Crippen molar-refractivity contribution >= 4 is 28.0 Å². The standard InChI is InChI=1S/C15H20N2O5S/c1-17(2)23(21,22)13-8-5-12(6-9-13)7-10-14(18)16-11-3-4-15(19)20/h5-10H,3-4,11H2,1-2H3,(H,16,18)(H,19,20)/b10-7+. The molecule has 0 aromatic heterocycles. The first-order valence-electron chi connectivity index (χ1n) is 6.94. The third-order valence-corrected chi connectivity index (χ3v) is 4.78. The molecule has 23 heavy (non-hydrogen) atoms. The summed E-state index contributed by atoms with van der Waals surface area (Å²) in [4.78, 5) is 22.0. The molecule has 1 aromatic carbocycles. The molecule has 0 spiro atoms. The first kappa shape index (κ1) is 18.9. The predicted octanol–water partition coefficient (Wildman–Crippen LogP) is 0.931. The minimum atomic E-state index is -3.46. The average Bonchev–Trinajstić information content (AvgIpc) is 2.49. The zero-order valence-electron chi connectivity index (χ0n) is 13.0. The lowest BCUT2D eigenvalue weighted by molar-refractivity contribution is -0.137. The molecule has 1 rings (SSSR count). The van der Waals surface area contributed by atoms with Gasteiger partial charge in [-0.05, 0) is 30.2 Å². The van der Waals surface area contributed by atoms with Gasteiger partial charge in [-0.25, -0.2) is 12.7 Å². The normalized spacial score (nSPS) is 11.8. The Labute approximate surface area is 135 Å². The Morgan fingerprint density at radius 1 is 1.22 bits per heavy atom. The molecule has 0 fully saturated rings. The van der Waals surface area contributed by atoms with Gasteiger partial charge in [0.25, 0.3) is 0 Å². The summed E-state index contributed by atoms with van der Waals surface area (Å²) in [6, 6.07) is 6.15. The van der Waals surface area contributed by atoms with Gasteiger partial charge in [0.2, 0.25) is 15.9 Å². The van der Waals surface area contributed by atoms with E-state index in [0.29, 0.717) is 12.0 Å². The van der Waals surface area contributed by atoms with Crippen LogP contribution in [0.25, 0.3) is 6.08 Å². The number of carboxylic acids is 1. The highest BCUT2D eigenvalue weighted by atomic mass is 32.2. The van der Waals surface area contributed by atoms with Gasteiger partial charge in [0.05, 0.1) is 4.90 Å². The Hall–Kier alpha value is -2.19. The quantitative estimate of drug-likeness (QED) is 0.541. The van der Waals surface area contributed by atoms with Crippen LogP contribution in [0.3, 0.4) is 0 Å². The molecule has 0 aliphatic heterocycles. The van der Waals surface area contributed by atoms with E-state index in [1.54, 1.807) is 18.2 Å². The number of nitrogens with zero attached hydrogens (tertiary/aromatic N) is 1. The zero-order chi connectivity index (χ0) is 17.5. The van der Waals surface area contributed by atoms with Gasteiger partial charge in [0.1, 0.15) is 0 Å². The third kappa shape index (κ3) is 6.21. The molecule has 8 heteroatoms.